The highest BCUT2D eigenvalue weighted by Crippen LogP contribution is 2.22. The first-order valence-corrected chi connectivity index (χ1v) is 5.53. The lowest BCUT2D eigenvalue weighted by Gasteiger charge is -2.07. The molecule has 2 rings (SSSR count). The van der Waals surface area contributed by atoms with Crippen molar-refractivity contribution >= 4 is 15.9 Å². The highest BCUT2D eigenvalue weighted by atomic mass is 79.9. The Balaban J connectivity index is 2.09. The molecule has 2 nitrogen and oxygen atoms in total. The van der Waals surface area contributed by atoms with Crippen LogP contribution in [0.2, 0.25) is 0 Å². The minimum absolute atomic E-state index is 0.169. The van der Waals surface area contributed by atoms with Crippen LogP contribution in [0.4, 0.5) is 4.39 Å². The molecule has 0 fully saturated rings. The zero-order valence-electron chi connectivity index (χ0n) is 8.36. The molecular weight excluding hydrogens is 273 g/mol. The quantitative estimate of drug-likeness (QED) is 0.858. The van der Waals surface area contributed by atoms with Crippen LogP contribution in [0.1, 0.15) is 5.56 Å². The molecule has 0 aliphatic heterocycles. The largest absolute Gasteiger partial charge is 0.472 e. The molecule has 0 atom stereocenters. The summed E-state index contributed by atoms with van der Waals surface area (Å²) in [5.74, 6) is 0.195. The van der Waals surface area contributed by atoms with Gasteiger partial charge in [0.15, 0.2) is 0 Å². The van der Waals surface area contributed by atoms with Crippen LogP contribution in [0.5, 0.6) is 5.88 Å². The summed E-state index contributed by atoms with van der Waals surface area (Å²) >= 11 is 3.31. The molecule has 0 saturated heterocycles. The van der Waals surface area contributed by atoms with E-state index in [0.29, 0.717) is 11.4 Å². The molecule has 16 heavy (non-hydrogen) atoms. The molecule has 1 aromatic carbocycles. The predicted octanol–water partition coefficient (Wildman–Crippen LogP) is 3.56. The van der Waals surface area contributed by atoms with Crippen molar-refractivity contribution < 1.29 is 9.13 Å². The van der Waals surface area contributed by atoms with Crippen LogP contribution < -0.4 is 4.74 Å². The molecule has 0 unspecified atom stereocenters. The van der Waals surface area contributed by atoms with E-state index < -0.39 is 0 Å². The van der Waals surface area contributed by atoms with Crippen molar-refractivity contribution in [3.8, 4) is 5.88 Å². The Morgan fingerprint density at radius 3 is 2.75 bits per heavy atom. The van der Waals surface area contributed by atoms with Crippen LogP contribution in [-0.4, -0.2) is 4.98 Å². The number of hydrogen-bond acceptors (Lipinski definition) is 2. The number of benzene rings is 1. The van der Waals surface area contributed by atoms with Crippen LogP contribution >= 0.6 is 15.9 Å². The molecule has 0 saturated carbocycles. The highest BCUT2D eigenvalue weighted by molar-refractivity contribution is 9.10. The summed E-state index contributed by atoms with van der Waals surface area (Å²) < 4.78 is 19.4. The van der Waals surface area contributed by atoms with E-state index in [9.17, 15) is 4.39 Å². The number of aromatic nitrogens is 1. The SMILES string of the molecule is Fc1ccccc1COc1ncccc1Br. The van der Waals surface area contributed by atoms with Crippen LogP contribution in [-0.2, 0) is 6.61 Å². The second kappa shape index (κ2) is 5.07. The van der Waals surface area contributed by atoms with Gasteiger partial charge in [0.05, 0.1) is 4.47 Å². The monoisotopic (exact) mass is 281 g/mol. The first kappa shape index (κ1) is 11.1. The summed E-state index contributed by atoms with van der Waals surface area (Å²) in [6.07, 6.45) is 1.63. The Kier molecular flexibility index (Phi) is 3.51. The molecule has 0 N–H and O–H groups in total. The van der Waals surface area contributed by atoms with E-state index >= 15 is 0 Å². The Morgan fingerprint density at radius 2 is 2.00 bits per heavy atom. The van der Waals surface area contributed by atoms with Crippen LogP contribution in [0.15, 0.2) is 47.1 Å². The van der Waals surface area contributed by atoms with Gasteiger partial charge in [-0.15, -0.1) is 0 Å². The number of pyridine rings is 1. The first-order valence-electron chi connectivity index (χ1n) is 4.74. The van der Waals surface area contributed by atoms with Gasteiger partial charge in [-0.05, 0) is 34.1 Å². The summed E-state index contributed by atoms with van der Waals surface area (Å²) in [6.45, 7) is 0.169. The maximum absolute atomic E-state index is 13.3. The maximum Gasteiger partial charge on any atom is 0.228 e. The average Bonchev–Trinajstić information content (AvgIpc) is 2.30. The van der Waals surface area contributed by atoms with Gasteiger partial charge in [0.1, 0.15) is 12.4 Å². The van der Waals surface area contributed by atoms with Crippen LogP contribution in [0, 0.1) is 5.82 Å². The lowest BCUT2D eigenvalue weighted by Crippen LogP contribution is -1.99. The van der Waals surface area contributed by atoms with E-state index in [-0.39, 0.29) is 12.4 Å². The van der Waals surface area contributed by atoms with Gasteiger partial charge in [-0.3, -0.25) is 0 Å². The minimum atomic E-state index is -0.269. The molecular formula is C12H9BrFNO. The summed E-state index contributed by atoms with van der Waals surface area (Å²) in [4.78, 5) is 4.03. The highest BCUT2D eigenvalue weighted by Gasteiger charge is 2.04. The summed E-state index contributed by atoms with van der Waals surface area (Å²) in [5.41, 5.74) is 0.514. The molecule has 2 aromatic rings. The van der Waals surface area contributed by atoms with Crippen molar-refractivity contribution in [1.29, 1.82) is 0 Å². The number of rotatable bonds is 3. The van der Waals surface area contributed by atoms with Gasteiger partial charge >= 0.3 is 0 Å². The predicted molar refractivity (Wildman–Crippen MR) is 62.7 cm³/mol. The minimum Gasteiger partial charge on any atom is -0.472 e. The third-order valence-corrected chi connectivity index (χ3v) is 2.65. The molecule has 0 spiro atoms. The van der Waals surface area contributed by atoms with Crippen molar-refractivity contribution in [3.05, 3.63) is 58.4 Å². The number of halogens is 2. The number of ether oxygens (including phenoxy) is 1. The number of nitrogens with zero attached hydrogens (tertiary/aromatic N) is 1. The molecule has 4 heteroatoms. The zero-order valence-corrected chi connectivity index (χ0v) is 9.95. The van der Waals surface area contributed by atoms with E-state index in [2.05, 4.69) is 20.9 Å². The van der Waals surface area contributed by atoms with Gasteiger partial charge in [-0.1, -0.05) is 18.2 Å². The Morgan fingerprint density at radius 1 is 1.19 bits per heavy atom. The third-order valence-electron chi connectivity index (χ3n) is 2.05. The van der Waals surface area contributed by atoms with E-state index in [4.69, 9.17) is 4.74 Å². The summed E-state index contributed by atoms with van der Waals surface area (Å²) in [7, 11) is 0. The zero-order chi connectivity index (χ0) is 11.4. The summed E-state index contributed by atoms with van der Waals surface area (Å²) in [5, 5.41) is 0. The van der Waals surface area contributed by atoms with Crippen molar-refractivity contribution in [3.63, 3.8) is 0 Å². The van der Waals surface area contributed by atoms with Gasteiger partial charge in [-0.2, -0.15) is 0 Å². The molecule has 82 valence electrons. The first-order chi connectivity index (χ1) is 7.77. The Hall–Kier alpha value is -1.42. The number of hydrogen-bond donors (Lipinski definition) is 0. The van der Waals surface area contributed by atoms with Crippen molar-refractivity contribution in [2.24, 2.45) is 0 Å². The molecule has 0 radical (unpaired) electrons. The van der Waals surface area contributed by atoms with Gasteiger partial charge in [-0.25, -0.2) is 9.37 Å². The van der Waals surface area contributed by atoms with Crippen LogP contribution in [0.3, 0.4) is 0 Å². The Bertz CT molecular complexity index is 444. The summed E-state index contributed by atoms with van der Waals surface area (Å²) in [6, 6.07) is 10.1. The second-order valence-corrected chi connectivity index (χ2v) is 4.02. The smallest absolute Gasteiger partial charge is 0.228 e. The molecule has 0 aliphatic carbocycles. The standard InChI is InChI=1S/C12H9BrFNO/c13-10-5-3-7-15-12(10)16-8-9-4-1-2-6-11(9)14/h1-7H,8H2. The lowest BCUT2D eigenvalue weighted by atomic mass is 10.2. The van der Waals surface area contributed by atoms with Gasteiger partial charge in [0.2, 0.25) is 5.88 Å². The molecule has 0 amide bonds. The molecule has 0 aliphatic rings. The lowest BCUT2D eigenvalue weighted by molar-refractivity contribution is 0.286. The molecule has 1 aromatic heterocycles. The molecule has 1 heterocycles. The Labute approximate surface area is 101 Å². The fraction of sp³-hybridized carbons (Fsp3) is 0.0833. The van der Waals surface area contributed by atoms with Gasteiger partial charge < -0.3 is 4.74 Å². The van der Waals surface area contributed by atoms with E-state index in [0.717, 1.165) is 4.47 Å². The fourth-order valence-corrected chi connectivity index (χ4v) is 1.61. The van der Waals surface area contributed by atoms with E-state index in [1.165, 1.54) is 6.07 Å². The van der Waals surface area contributed by atoms with Gasteiger partial charge in [0.25, 0.3) is 0 Å². The van der Waals surface area contributed by atoms with Crippen molar-refractivity contribution in [2.75, 3.05) is 0 Å². The fourth-order valence-electron chi connectivity index (χ4n) is 1.24. The topological polar surface area (TPSA) is 22.1 Å². The van der Waals surface area contributed by atoms with Crippen LogP contribution in [0.25, 0.3) is 0 Å². The average molecular weight is 282 g/mol. The third kappa shape index (κ3) is 2.58. The van der Waals surface area contributed by atoms with E-state index in [1.54, 1.807) is 30.5 Å². The van der Waals surface area contributed by atoms with Crippen molar-refractivity contribution in [1.82, 2.24) is 4.98 Å². The normalized spacial score (nSPS) is 10.1. The van der Waals surface area contributed by atoms with Crippen molar-refractivity contribution in [2.45, 2.75) is 6.61 Å². The maximum atomic E-state index is 13.3. The van der Waals surface area contributed by atoms with Gasteiger partial charge in [0, 0.05) is 11.8 Å². The second-order valence-electron chi connectivity index (χ2n) is 3.17. The molecule has 0 bridgehead atoms. The van der Waals surface area contributed by atoms with E-state index in [1.807, 2.05) is 6.07 Å².